The highest BCUT2D eigenvalue weighted by atomic mass is 32.1. The molecule has 0 bridgehead atoms. The minimum Gasteiger partial charge on any atom is -0.316 e. The molecule has 0 saturated carbocycles. The molecule has 0 aromatic carbocycles. The third-order valence-corrected chi connectivity index (χ3v) is 3.39. The van der Waals surface area contributed by atoms with Crippen molar-refractivity contribution in [2.75, 3.05) is 13.1 Å². The van der Waals surface area contributed by atoms with Gasteiger partial charge in [0.15, 0.2) is 4.96 Å². The van der Waals surface area contributed by atoms with Gasteiger partial charge in [-0.3, -0.25) is 4.40 Å². The van der Waals surface area contributed by atoms with E-state index in [2.05, 4.69) is 46.3 Å². The number of aromatic nitrogens is 2. The average molecular weight is 237 g/mol. The number of hydrogen-bond donors (Lipinski definition) is 1. The molecule has 0 radical (unpaired) electrons. The number of imidazole rings is 1. The maximum atomic E-state index is 4.59. The summed E-state index contributed by atoms with van der Waals surface area (Å²) < 4.78 is 2.10. The van der Waals surface area contributed by atoms with E-state index in [1.807, 2.05) is 0 Å². The van der Waals surface area contributed by atoms with Crippen LogP contribution in [0.15, 0.2) is 17.8 Å². The first-order chi connectivity index (χ1) is 7.79. The van der Waals surface area contributed by atoms with E-state index in [1.54, 1.807) is 11.3 Å². The van der Waals surface area contributed by atoms with Crippen LogP contribution in [0.5, 0.6) is 0 Å². The summed E-state index contributed by atoms with van der Waals surface area (Å²) in [5, 5.41) is 5.52. The molecule has 4 heteroatoms. The molecule has 0 fully saturated rings. The lowest BCUT2D eigenvalue weighted by Gasteiger charge is -2.10. The second kappa shape index (κ2) is 5.46. The van der Waals surface area contributed by atoms with E-state index < -0.39 is 0 Å². The van der Waals surface area contributed by atoms with E-state index in [0.717, 1.165) is 24.5 Å². The quantitative estimate of drug-likeness (QED) is 0.782. The topological polar surface area (TPSA) is 29.3 Å². The van der Waals surface area contributed by atoms with Crippen LogP contribution < -0.4 is 5.32 Å². The van der Waals surface area contributed by atoms with E-state index in [9.17, 15) is 0 Å². The van der Waals surface area contributed by atoms with Crippen molar-refractivity contribution in [1.82, 2.24) is 14.7 Å². The molecule has 1 atom stereocenters. The molecular formula is C12H19N3S. The maximum Gasteiger partial charge on any atom is 0.193 e. The van der Waals surface area contributed by atoms with Gasteiger partial charge in [0, 0.05) is 17.8 Å². The first-order valence-electron chi connectivity index (χ1n) is 5.91. The SMILES string of the molecule is CCCNCC(C)Cc1cn2ccsc2n1. The Labute approximate surface area is 101 Å². The van der Waals surface area contributed by atoms with Gasteiger partial charge in [0.2, 0.25) is 0 Å². The van der Waals surface area contributed by atoms with Crippen LogP contribution in [0.2, 0.25) is 0 Å². The summed E-state index contributed by atoms with van der Waals surface area (Å²) in [4.78, 5) is 5.70. The van der Waals surface area contributed by atoms with Crippen LogP contribution in [0.4, 0.5) is 0 Å². The van der Waals surface area contributed by atoms with Crippen LogP contribution in [0.3, 0.4) is 0 Å². The first kappa shape index (κ1) is 11.6. The second-order valence-electron chi connectivity index (χ2n) is 4.34. The molecule has 1 unspecified atom stereocenters. The lowest BCUT2D eigenvalue weighted by molar-refractivity contribution is 0.507. The zero-order valence-corrected chi connectivity index (χ0v) is 10.8. The minimum absolute atomic E-state index is 0.649. The van der Waals surface area contributed by atoms with Crippen LogP contribution in [0.25, 0.3) is 4.96 Å². The van der Waals surface area contributed by atoms with Gasteiger partial charge in [-0.25, -0.2) is 4.98 Å². The van der Waals surface area contributed by atoms with Crippen molar-refractivity contribution >= 4 is 16.3 Å². The van der Waals surface area contributed by atoms with Crippen molar-refractivity contribution in [3.05, 3.63) is 23.5 Å². The number of fused-ring (bicyclic) bond motifs is 1. The number of hydrogen-bond acceptors (Lipinski definition) is 3. The Balaban J connectivity index is 1.86. The van der Waals surface area contributed by atoms with Gasteiger partial charge < -0.3 is 5.32 Å². The predicted molar refractivity (Wildman–Crippen MR) is 69.1 cm³/mol. The Morgan fingerprint density at radius 1 is 1.56 bits per heavy atom. The molecule has 1 N–H and O–H groups in total. The van der Waals surface area contributed by atoms with Crippen LogP contribution in [0.1, 0.15) is 26.0 Å². The minimum atomic E-state index is 0.649. The van der Waals surface area contributed by atoms with Crippen molar-refractivity contribution in [2.45, 2.75) is 26.7 Å². The molecule has 0 saturated heterocycles. The fourth-order valence-electron chi connectivity index (χ4n) is 1.83. The molecule has 2 heterocycles. The standard InChI is InChI=1S/C12H19N3S/c1-3-4-13-8-10(2)7-11-9-15-5-6-16-12(15)14-11/h5-6,9-10,13H,3-4,7-8H2,1-2H3. The summed E-state index contributed by atoms with van der Waals surface area (Å²) in [5.41, 5.74) is 1.21. The van der Waals surface area contributed by atoms with E-state index in [1.165, 1.54) is 12.1 Å². The van der Waals surface area contributed by atoms with Gasteiger partial charge in [-0.15, -0.1) is 11.3 Å². The monoisotopic (exact) mass is 237 g/mol. The Hall–Kier alpha value is -0.870. The summed E-state index contributed by atoms with van der Waals surface area (Å²) in [6, 6.07) is 0. The van der Waals surface area contributed by atoms with Gasteiger partial charge in [0.1, 0.15) is 0 Å². The van der Waals surface area contributed by atoms with Crippen molar-refractivity contribution < 1.29 is 0 Å². The van der Waals surface area contributed by atoms with Gasteiger partial charge in [0.25, 0.3) is 0 Å². The average Bonchev–Trinajstić information content (AvgIpc) is 2.78. The van der Waals surface area contributed by atoms with E-state index >= 15 is 0 Å². The molecule has 16 heavy (non-hydrogen) atoms. The Morgan fingerprint density at radius 2 is 2.44 bits per heavy atom. The molecular weight excluding hydrogens is 218 g/mol. The second-order valence-corrected chi connectivity index (χ2v) is 5.21. The normalized spacial score (nSPS) is 13.4. The van der Waals surface area contributed by atoms with Crippen molar-refractivity contribution in [3.8, 4) is 0 Å². The lowest BCUT2D eigenvalue weighted by Crippen LogP contribution is -2.23. The van der Waals surface area contributed by atoms with Gasteiger partial charge >= 0.3 is 0 Å². The van der Waals surface area contributed by atoms with Crippen molar-refractivity contribution in [1.29, 1.82) is 0 Å². The Bertz CT molecular complexity index is 404. The summed E-state index contributed by atoms with van der Waals surface area (Å²) in [6.45, 7) is 6.67. The molecule has 0 aliphatic rings. The van der Waals surface area contributed by atoms with Crippen molar-refractivity contribution in [3.63, 3.8) is 0 Å². The van der Waals surface area contributed by atoms with Gasteiger partial charge in [-0.1, -0.05) is 13.8 Å². The zero-order chi connectivity index (χ0) is 11.4. The number of nitrogens with one attached hydrogen (secondary N) is 1. The van der Waals surface area contributed by atoms with Crippen LogP contribution in [-0.4, -0.2) is 22.5 Å². The smallest absolute Gasteiger partial charge is 0.193 e. The lowest BCUT2D eigenvalue weighted by atomic mass is 10.1. The van der Waals surface area contributed by atoms with Gasteiger partial charge in [-0.05, 0) is 31.8 Å². The highest BCUT2D eigenvalue weighted by molar-refractivity contribution is 7.15. The van der Waals surface area contributed by atoms with E-state index in [0.29, 0.717) is 5.92 Å². The van der Waals surface area contributed by atoms with Crippen LogP contribution in [0, 0.1) is 5.92 Å². The molecule has 0 aliphatic heterocycles. The first-order valence-corrected chi connectivity index (χ1v) is 6.79. The molecule has 2 rings (SSSR count). The number of nitrogens with zero attached hydrogens (tertiary/aromatic N) is 2. The van der Waals surface area contributed by atoms with Crippen molar-refractivity contribution in [2.24, 2.45) is 5.92 Å². The largest absolute Gasteiger partial charge is 0.316 e. The highest BCUT2D eigenvalue weighted by Crippen LogP contribution is 2.13. The molecule has 2 aromatic heterocycles. The molecule has 0 aliphatic carbocycles. The maximum absolute atomic E-state index is 4.59. The number of rotatable bonds is 6. The Kier molecular flexibility index (Phi) is 3.96. The summed E-state index contributed by atoms with van der Waals surface area (Å²) in [6.07, 6.45) is 6.47. The van der Waals surface area contributed by atoms with E-state index in [-0.39, 0.29) is 0 Å². The fourth-order valence-corrected chi connectivity index (χ4v) is 2.55. The van der Waals surface area contributed by atoms with Gasteiger partial charge in [-0.2, -0.15) is 0 Å². The zero-order valence-electron chi connectivity index (χ0n) is 9.94. The molecule has 3 nitrogen and oxygen atoms in total. The molecule has 0 spiro atoms. The van der Waals surface area contributed by atoms with Crippen LogP contribution >= 0.6 is 11.3 Å². The number of thiazole rings is 1. The summed E-state index contributed by atoms with van der Waals surface area (Å²) in [7, 11) is 0. The van der Waals surface area contributed by atoms with E-state index in [4.69, 9.17) is 0 Å². The third kappa shape index (κ3) is 2.83. The van der Waals surface area contributed by atoms with Gasteiger partial charge in [0.05, 0.1) is 5.69 Å². The van der Waals surface area contributed by atoms with Crippen LogP contribution in [-0.2, 0) is 6.42 Å². The molecule has 0 amide bonds. The Morgan fingerprint density at radius 3 is 3.19 bits per heavy atom. The summed E-state index contributed by atoms with van der Waals surface area (Å²) in [5.74, 6) is 0.649. The molecule has 2 aromatic rings. The fraction of sp³-hybridized carbons (Fsp3) is 0.583. The predicted octanol–water partition coefficient (Wildman–Crippen LogP) is 2.57. The highest BCUT2D eigenvalue weighted by Gasteiger charge is 2.07. The third-order valence-electron chi connectivity index (χ3n) is 2.62. The molecule has 88 valence electrons. The summed E-state index contributed by atoms with van der Waals surface area (Å²) >= 11 is 1.69.